The van der Waals surface area contributed by atoms with Gasteiger partial charge in [0.1, 0.15) is 6.61 Å². The van der Waals surface area contributed by atoms with Crippen molar-refractivity contribution >= 4 is 34.8 Å². The number of carbonyl (C=O) groups is 1. The highest BCUT2D eigenvalue weighted by molar-refractivity contribution is 6.42. The topological polar surface area (TPSA) is 103 Å². The van der Waals surface area contributed by atoms with E-state index >= 15 is 0 Å². The van der Waals surface area contributed by atoms with Crippen molar-refractivity contribution in [2.75, 3.05) is 12.4 Å². The Labute approximate surface area is 217 Å². The minimum Gasteiger partial charge on any atom is -0.493 e. The van der Waals surface area contributed by atoms with E-state index in [-0.39, 0.29) is 17.6 Å². The quantitative estimate of drug-likeness (QED) is 0.339. The Morgan fingerprint density at radius 1 is 1.06 bits per heavy atom. The van der Waals surface area contributed by atoms with Crippen LogP contribution in [-0.2, 0) is 16.9 Å². The lowest BCUT2D eigenvalue weighted by Crippen LogP contribution is -2.54. The van der Waals surface area contributed by atoms with Crippen molar-refractivity contribution in [3.05, 3.63) is 97.5 Å². The van der Waals surface area contributed by atoms with Crippen LogP contribution in [0.4, 0.5) is 5.69 Å². The molecule has 2 aliphatic rings. The van der Waals surface area contributed by atoms with Gasteiger partial charge in [0, 0.05) is 22.2 Å². The summed E-state index contributed by atoms with van der Waals surface area (Å²) < 4.78 is 11.5. The van der Waals surface area contributed by atoms with Gasteiger partial charge in [-0.25, -0.2) is 0 Å². The molecule has 186 valence electrons. The van der Waals surface area contributed by atoms with E-state index in [9.17, 15) is 14.9 Å². The van der Waals surface area contributed by atoms with Crippen LogP contribution >= 0.6 is 23.2 Å². The van der Waals surface area contributed by atoms with Crippen LogP contribution in [0.25, 0.3) is 0 Å². The summed E-state index contributed by atoms with van der Waals surface area (Å²) in [4.78, 5) is 25.3. The Balaban J connectivity index is 1.48. The predicted octanol–water partition coefficient (Wildman–Crippen LogP) is 5.15. The van der Waals surface area contributed by atoms with Gasteiger partial charge in [0.05, 0.1) is 23.1 Å². The highest BCUT2D eigenvalue weighted by atomic mass is 35.5. The molecule has 2 aliphatic heterocycles. The molecule has 0 bridgehead atoms. The first kappa shape index (κ1) is 24.4. The van der Waals surface area contributed by atoms with Gasteiger partial charge in [0.2, 0.25) is 0 Å². The number of carbonyl (C=O) groups excluding carboxylic acids is 1. The summed E-state index contributed by atoms with van der Waals surface area (Å²) in [6.07, 6.45) is 0. The van der Waals surface area contributed by atoms with Gasteiger partial charge in [0.25, 0.3) is 11.9 Å². The van der Waals surface area contributed by atoms with Gasteiger partial charge in [-0.05, 0) is 48.4 Å². The summed E-state index contributed by atoms with van der Waals surface area (Å²) in [5, 5.41) is 19.5. The van der Waals surface area contributed by atoms with Gasteiger partial charge >= 0.3 is 0 Å². The lowest BCUT2D eigenvalue weighted by atomic mass is 9.78. The van der Waals surface area contributed by atoms with Crippen LogP contribution in [0, 0.1) is 10.1 Å². The van der Waals surface area contributed by atoms with Crippen molar-refractivity contribution in [2.45, 2.75) is 37.1 Å². The number of amides is 1. The third kappa shape index (κ3) is 3.86. The van der Waals surface area contributed by atoms with Crippen LogP contribution in [0.15, 0.2) is 60.7 Å². The summed E-state index contributed by atoms with van der Waals surface area (Å²) in [6.45, 7) is 2.08. The fourth-order valence-corrected chi connectivity index (χ4v) is 5.68. The molecule has 36 heavy (non-hydrogen) atoms. The molecule has 1 amide bonds. The zero-order chi connectivity index (χ0) is 25.6. The highest BCUT2D eigenvalue weighted by Crippen LogP contribution is 2.50. The van der Waals surface area contributed by atoms with Crippen molar-refractivity contribution in [1.82, 2.24) is 5.32 Å². The Bertz CT molecular complexity index is 1370. The summed E-state index contributed by atoms with van der Waals surface area (Å²) in [5.41, 5.74) is 1.19. The average molecular weight is 528 g/mol. The largest absolute Gasteiger partial charge is 0.493 e. The van der Waals surface area contributed by atoms with Crippen LogP contribution in [-0.4, -0.2) is 30.0 Å². The minimum atomic E-state index is -1.47. The predicted molar refractivity (Wildman–Crippen MR) is 137 cm³/mol. The normalized spacial score (nSPS) is 24.4. The molecule has 5 rings (SSSR count). The molecule has 4 atom stereocenters. The Morgan fingerprint density at radius 2 is 1.83 bits per heavy atom. The first-order valence-corrected chi connectivity index (χ1v) is 12.1. The molecular formula is C26H23Cl2N3O5. The van der Waals surface area contributed by atoms with Crippen molar-refractivity contribution in [3.8, 4) is 11.5 Å². The second-order valence-corrected chi connectivity index (χ2v) is 9.76. The van der Waals surface area contributed by atoms with Gasteiger partial charge in [0.15, 0.2) is 17.0 Å². The van der Waals surface area contributed by atoms with Crippen molar-refractivity contribution in [1.29, 1.82) is 0 Å². The van der Waals surface area contributed by atoms with Gasteiger partial charge in [-0.2, -0.15) is 0 Å². The van der Waals surface area contributed by atoms with Crippen LogP contribution < -0.4 is 20.1 Å². The van der Waals surface area contributed by atoms with E-state index in [0.717, 1.165) is 5.56 Å². The Hall–Kier alpha value is -3.33. The number of nitro groups is 1. The average Bonchev–Trinajstić information content (AvgIpc) is 3.33. The molecule has 2 N–H and O–H groups in total. The molecule has 1 spiro atoms. The number of ether oxygens (including phenoxy) is 2. The molecule has 0 unspecified atom stereocenters. The summed E-state index contributed by atoms with van der Waals surface area (Å²) in [6, 6.07) is 15.9. The smallest absolute Gasteiger partial charge is 0.256 e. The third-order valence-corrected chi connectivity index (χ3v) is 7.65. The zero-order valence-electron chi connectivity index (χ0n) is 19.5. The van der Waals surface area contributed by atoms with E-state index in [4.69, 9.17) is 32.7 Å². The van der Waals surface area contributed by atoms with Gasteiger partial charge in [-0.3, -0.25) is 20.2 Å². The van der Waals surface area contributed by atoms with E-state index in [0.29, 0.717) is 38.4 Å². The standard InChI is InChI=1S/C26H23Cl2N3O5/c1-14-23(24(31(33)34)26(30-14)17-5-3-4-6-20(17)29-25(26)32)16-8-10-21(22(12-16)35-2)36-13-15-7-9-18(27)19(28)11-15/h3-12,14,23-24,30H,13H2,1-2H3,(H,29,32)/t14-,23-,24-,26+/m0/s1. The second-order valence-electron chi connectivity index (χ2n) is 8.94. The first-order valence-electron chi connectivity index (χ1n) is 11.3. The molecule has 1 fully saturated rings. The van der Waals surface area contributed by atoms with Crippen LogP contribution in [0.1, 0.15) is 29.5 Å². The molecular weight excluding hydrogens is 505 g/mol. The lowest BCUT2D eigenvalue weighted by Gasteiger charge is -2.25. The van der Waals surface area contributed by atoms with E-state index in [2.05, 4.69) is 10.6 Å². The van der Waals surface area contributed by atoms with Gasteiger partial charge < -0.3 is 14.8 Å². The summed E-state index contributed by atoms with van der Waals surface area (Å²) in [5.74, 6) is -0.121. The van der Waals surface area contributed by atoms with E-state index in [1.807, 2.05) is 13.0 Å². The number of methoxy groups -OCH3 is 1. The Kier molecular flexibility index (Phi) is 6.28. The number of anilines is 1. The zero-order valence-corrected chi connectivity index (χ0v) is 21.0. The maximum atomic E-state index is 13.2. The molecule has 10 heteroatoms. The monoisotopic (exact) mass is 527 g/mol. The molecule has 0 aliphatic carbocycles. The number of rotatable bonds is 6. The fraction of sp³-hybridized carbons (Fsp3) is 0.269. The number of hydrogen-bond donors (Lipinski definition) is 2. The summed E-state index contributed by atoms with van der Waals surface area (Å²) >= 11 is 12.1. The highest BCUT2D eigenvalue weighted by Gasteiger charge is 2.67. The third-order valence-electron chi connectivity index (χ3n) is 6.91. The van der Waals surface area contributed by atoms with Crippen molar-refractivity contribution in [3.63, 3.8) is 0 Å². The van der Waals surface area contributed by atoms with Gasteiger partial charge in [-0.1, -0.05) is 53.5 Å². The molecule has 1 saturated heterocycles. The fourth-order valence-electron chi connectivity index (χ4n) is 5.35. The second kappa shape index (κ2) is 9.28. The van der Waals surface area contributed by atoms with Crippen LogP contribution in [0.2, 0.25) is 10.0 Å². The number of hydrogen-bond acceptors (Lipinski definition) is 6. The van der Waals surface area contributed by atoms with Crippen LogP contribution in [0.3, 0.4) is 0 Å². The molecule has 0 radical (unpaired) electrons. The van der Waals surface area contributed by atoms with Crippen LogP contribution in [0.5, 0.6) is 11.5 Å². The lowest BCUT2D eigenvalue weighted by molar-refractivity contribution is -0.532. The van der Waals surface area contributed by atoms with E-state index in [1.165, 1.54) is 7.11 Å². The number of halogens is 2. The molecule has 3 aromatic rings. The SMILES string of the molecule is COc1cc([C@@H]2[C@H](C)N[C@@]3(C(=O)Nc4ccccc43)[C@H]2[N+](=O)[O-])ccc1OCc1ccc(Cl)c(Cl)c1. The molecule has 0 aromatic heterocycles. The van der Waals surface area contributed by atoms with E-state index < -0.39 is 23.4 Å². The summed E-state index contributed by atoms with van der Waals surface area (Å²) in [7, 11) is 1.51. The number of fused-ring (bicyclic) bond motifs is 2. The Morgan fingerprint density at radius 3 is 2.56 bits per heavy atom. The maximum Gasteiger partial charge on any atom is 0.256 e. The van der Waals surface area contributed by atoms with Crippen molar-refractivity contribution < 1.29 is 19.2 Å². The van der Waals surface area contributed by atoms with Gasteiger partial charge in [-0.15, -0.1) is 0 Å². The molecule has 3 aromatic carbocycles. The number of benzene rings is 3. The number of nitrogens with one attached hydrogen (secondary N) is 2. The maximum absolute atomic E-state index is 13.2. The number of para-hydroxylation sites is 1. The minimum absolute atomic E-state index is 0.228. The van der Waals surface area contributed by atoms with Crippen molar-refractivity contribution in [2.24, 2.45) is 0 Å². The first-order chi connectivity index (χ1) is 17.3. The molecule has 0 saturated carbocycles. The molecule has 2 heterocycles. The molecule has 8 nitrogen and oxygen atoms in total. The van der Waals surface area contributed by atoms with E-state index in [1.54, 1.807) is 54.6 Å². The number of nitrogens with zero attached hydrogens (tertiary/aromatic N) is 1.